The van der Waals surface area contributed by atoms with Gasteiger partial charge in [-0.15, -0.1) is 0 Å². The van der Waals surface area contributed by atoms with Gasteiger partial charge in [0.1, 0.15) is 23.4 Å². The fourth-order valence-corrected chi connectivity index (χ4v) is 3.51. The van der Waals surface area contributed by atoms with Crippen LogP contribution in [-0.2, 0) is 11.2 Å². The van der Waals surface area contributed by atoms with Gasteiger partial charge in [-0.3, -0.25) is 0 Å². The lowest BCUT2D eigenvalue weighted by Crippen LogP contribution is -2.39. The molecule has 4 rings (SSSR count). The molecule has 0 aromatic carbocycles. The normalized spacial score (nSPS) is 22.7. The summed E-state index contributed by atoms with van der Waals surface area (Å²) in [6.45, 7) is 4.32. The van der Waals surface area contributed by atoms with Gasteiger partial charge in [0, 0.05) is 30.4 Å². The second-order valence-electron chi connectivity index (χ2n) is 5.65. The molecule has 1 saturated heterocycles. The van der Waals surface area contributed by atoms with E-state index in [2.05, 4.69) is 28.3 Å². The highest BCUT2D eigenvalue weighted by Gasteiger charge is 2.32. The fraction of sp³-hybridized carbons (Fsp3) is 0.600. The largest absolute Gasteiger partial charge is 0.464 e. The monoisotopic (exact) mass is 305 g/mol. The molecular weight excluding hydrogens is 286 g/mol. The van der Waals surface area contributed by atoms with Gasteiger partial charge in [-0.05, 0) is 25.0 Å². The number of rotatable bonds is 4. The van der Waals surface area contributed by atoms with Crippen molar-refractivity contribution in [2.45, 2.75) is 38.1 Å². The van der Waals surface area contributed by atoms with Gasteiger partial charge in [0.15, 0.2) is 0 Å². The van der Waals surface area contributed by atoms with E-state index in [4.69, 9.17) is 14.1 Å². The second-order valence-corrected chi connectivity index (χ2v) is 6.38. The van der Waals surface area contributed by atoms with Crippen LogP contribution in [-0.4, -0.2) is 29.1 Å². The van der Waals surface area contributed by atoms with E-state index < -0.39 is 0 Å². The van der Waals surface area contributed by atoms with Crippen LogP contribution >= 0.6 is 11.5 Å². The van der Waals surface area contributed by atoms with Crippen molar-refractivity contribution in [3.05, 3.63) is 29.5 Å². The van der Waals surface area contributed by atoms with Gasteiger partial charge in [-0.25, -0.2) is 4.98 Å². The van der Waals surface area contributed by atoms with E-state index >= 15 is 0 Å². The van der Waals surface area contributed by atoms with E-state index in [-0.39, 0.29) is 6.04 Å². The van der Waals surface area contributed by atoms with Crippen molar-refractivity contribution in [3.63, 3.8) is 0 Å². The molecule has 0 radical (unpaired) electrons. The average Bonchev–Trinajstić information content (AvgIpc) is 3.08. The van der Waals surface area contributed by atoms with Crippen LogP contribution in [0, 0.1) is 0 Å². The number of furan rings is 1. The topological polar surface area (TPSA) is 51.4 Å². The number of anilines is 1. The van der Waals surface area contributed by atoms with Crippen LogP contribution in [0.3, 0.4) is 0 Å². The molecule has 2 aromatic heterocycles. The summed E-state index contributed by atoms with van der Waals surface area (Å²) in [5.74, 6) is 3.61. The van der Waals surface area contributed by atoms with Crippen molar-refractivity contribution in [1.82, 2.24) is 9.36 Å². The minimum absolute atomic E-state index is 0.110. The number of hydrogen-bond donors (Lipinski definition) is 0. The third kappa shape index (κ3) is 2.58. The molecule has 1 unspecified atom stereocenters. The molecule has 2 fully saturated rings. The maximum absolute atomic E-state index is 5.93. The third-order valence-corrected chi connectivity index (χ3v) is 4.87. The average molecular weight is 305 g/mol. The highest BCUT2D eigenvalue weighted by molar-refractivity contribution is 7.09. The Bertz CT molecular complexity index is 620. The van der Waals surface area contributed by atoms with Crippen molar-refractivity contribution in [2.24, 2.45) is 0 Å². The van der Waals surface area contributed by atoms with E-state index in [1.807, 2.05) is 0 Å². The number of nitrogens with zero attached hydrogens (tertiary/aromatic N) is 3. The van der Waals surface area contributed by atoms with Gasteiger partial charge >= 0.3 is 0 Å². The maximum atomic E-state index is 5.93. The molecule has 1 atom stereocenters. The lowest BCUT2D eigenvalue weighted by atomic mass is 10.2. The minimum atomic E-state index is 0.110. The van der Waals surface area contributed by atoms with Crippen molar-refractivity contribution >= 4 is 16.7 Å². The summed E-state index contributed by atoms with van der Waals surface area (Å²) in [5, 5.41) is 1.000. The Morgan fingerprint density at radius 1 is 1.38 bits per heavy atom. The molecule has 2 aliphatic rings. The number of ether oxygens (including phenoxy) is 1. The smallest absolute Gasteiger partial charge is 0.206 e. The second kappa shape index (κ2) is 5.42. The van der Waals surface area contributed by atoms with Crippen LogP contribution in [0.5, 0.6) is 0 Å². The molecule has 1 aliphatic carbocycles. The summed E-state index contributed by atoms with van der Waals surface area (Å²) in [6, 6.07) is 4.23. The Balaban J connectivity index is 1.60. The molecule has 0 amide bonds. The van der Waals surface area contributed by atoms with E-state index in [0.29, 0.717) is 12.5 Å². The highest BCUT2D eigenvalue weighted by Crippen LogP contribution is 2.41. The first-order valence-electron chi connectivity index (χ1n) is 7.61. The van der Waals surface area contributed by atoms with Gasteiger partial charge in [0.25, 0.3) is 0 Å². The zero-order valence-corrected chi connectivity index (χ0v) is 12.9. The van der Waals surface area contributed by atoms with Crippen LogP contribution in [0.15, 0.2) is 16.5 Å². The van der Waals surface area contributed by atoms with Crippen LogP contribution in [0.4, 0.5) is 5.13 Å². The molecule has 1 saturated carbocycles. The molecular formula is C15H19N3O2S. The van der Waals surface area contributed by atoms with E-state index in [9.17, 15) is 0 Å². The number of aryl methyl sites for hydroxylation is 1. The van der Waals surface area contributed by atoms with Crippen molar-refractivity contribution in [3.8, 4) is 0 Å². The summed E-state index contributed by atoms with van der Waals surface area (Å²) in [7, 11) is 0. The molecule has 6 heteroatoms. The summed E-state index contributed by atoms with van der Waals surface area (Å²) >= 11 is 1.50. The number of morpholine rings is 1. The third-order valence-electron chi connectivity index (χ3n) is 4.11. The molecule has 2 aromatic rings. The summed E-state index contributed by atoms with van der Waals surface area (Å²) in [4.78, 5) is 7.02. The number of hydrogen-bond acceptors (Lipinski definition) is 6. The number of aromatic nitrogens is 2. The first kappa shape index (κ1) is 13.3. The Labute approximate surface area is 128 Å². The summed E-state index contributed by atoms with van der Waals surface area (Å²) in [5.41, 5.74) is 0. The standard InChI is InChI=1S/C15H19N3O2S/c1-2-11-5-6-13(20-11)12-9-19-8-7-18(12)15-16-14(17-21-15)10-3-4-10/h5-6,10,12H,2-4,7-9H2,1H3. The van der Waals surface area contributed by atoms with Crippen molar-refractivity contribution < 1.29 is 9.15 Å². The van der Waals surface area contributed by atoms with E-state index in [1.165, 1.54) is 24.4 Å². The molecule has 0 bridgehead atoms. The SMILES string of the molecule is CCc1ccc(C2COCCN2c2nc(C3CC3)ns2)o1. The molecule has 112 valence electrons. The van der Waals surface area contributed by atoms with Gasteiger partial charge in [0.2, 0.25) is 5.13 Å². The zero-order valence-electron chi connectivity index (χ0n) is 12.1. The Morgan fingerprint density at radius 3 is 3.05 bits per heavy atom. The summed E-state index contributed by atoms with van der Waals surface area (Å²) in [6.07, 6.45) is 3.39. The maximum Gasteiger partial charge on any atom is 0.206 e. The molecule has 0 spiro atoms. The van der Waals surface area contributed by atoms with Gasteiger partial charge in [-0.2, -0.15) is 4.37 Å². The van der Waals surface area contributed by atoms with Crippen LogP contribution in [0.2, 0.25) is 0 Å². The van der Waals surface area contributed by atoms with Crippen molar-refractivity contribution in [2.75, 3.05) is 24.7 Å². The van der Waals surface area contributed by atoms with Crippen LogP contribution in [0.25, 0.3) is 0 Å². The minimum Gasteiger partial charge on any atom is -0.464 e. The predicted octanol–water partition coefficient (Wildman–Crippen LogP) is 3.15. The van der Waals surface area contributed by atoms with Crippen LogP contribution in [0.1, 0.15) is 49.1 Å². The molecule has 0 N–H and O–H groups in total. The fourth-order valence-electron chi connectivity index (χ4n) is 2.68. The molecule has 3 heterocycles. The van der Waals surface area contributed by atoms with Gasteiger partial charge < -0.3 is 14.1 Å². The van der Waals surface area contributed by atoms with Crippen molar-refractivity contribution in [1.29, 1.82) is 0 Å². The zero-order chi connectivity index (χ0) is 14.2. The van der Waals surface area contributed by atoms with Crippen LogP contribution < -0.4 is 4.90 Å². The lowest BCUT2D eigenvalue weighted by molar-refractivity contribution is 0.0873. The van der Waals surface area contributed by atoms with Gasteiger partial charge in [0.05, 0.1) is 13.2 Å². The lowest BCUT2D eigenvalue weighted by Gasteiger charge is -2.33. The first-order valence-corrected chi connectivity index (χ1v) is 8.39. The van der Waals surface area contributed by atoms with E-state index in [1.54, 1.807) is 0 Å². The molecule has 5 nitrogen and oxygen atoms in total. The van der Waals surface area contributed by atoms with Gasteiger partial charge in [-0.1, -0.05) is 6.92 Å². The summed E-state index contributed by atoms with van der Waals surface area (Å²) < 4.78 is 16.1. The quantitative estimate of drug-likeness (QED) is 0.868. The Morgan fingerprint density at radius 2 is 2.29 bits per heavy atom. The highest BCUT2D eigenvalue weighted by atomic mass is 32.1. The van der Waals surface area contributed by atoms with E-state index in [0.717, 1.165) is 42.0 Å². The first-order chi connectivity index (χ1) is 10.3. The molecule has 1 aliphatic heterocycles. The Hall–Kier alpha value is -1.40. The Kier molecular flexibility index (Phi) is 3.43. The predicted molar refractivity (Wildman–Crippen MR) is 80.9 cm³/mol. The molecule has 21 heavy (non-hydrogen) atoms.